The molecule has 22 heavy (non-hydrogen) atoms. The molecular weight excluding hydrogens is 287 g/mol. The molecule has 1 atom stereocenters. The Kier molecular flexibility index (Phi) is 4.68. The summed E-state index contributed by atoms with van der Waals surface area (Å²) in [6, 6.07) is 4.23. The van der Waals surface area contributed by atoms with Gasteiger partial charge >= 0.3 is 6.09 Å². The van der Waals surface area contributed by atoms with Crippen LogP contribution in [0.2, 0.25) is 0 Å². The molecule has 1 aromatic rings. The normalized spacial score (nSPS) is 17.6. The monoisotopic (exact) mass is 308 g/mol. The number of alkyl carbamates (subject to hydrolysis) is 1. The average Bonchev–Trinajstić information content (AvgIpc) is 2.37. The van der Waals surface area contributed by atoms with E-state index in [1.165, 1.54) is 12.1 Å². The van der Waals surface area contributed by atoms with Crippen LogP contribution in [0, 0.1) is 5.82 Å². The lowest BCUT2D eigenvalue weighted by molar-refractivity contribution is 0.0521. The van der Waals surface area contributed by atoms with Gasteiger partial charge in [0, 0.05) is 30.4 Å². The minimum atomic E-state index is -0.537. The van der Waals surface area contributed by atoms with Crippen molar-refractivity contribution >= 4 is 18.1 Å². The highest BCUT2D eigenvalue weighted by molar-refractivity contribution is 5.85. The fourth-order valence-electron chi connectivity index (χ4n) is 2.37. The second-order valence-corrected chi connectivity index (χ2v) is 6.34. The molecule has 1 fully saturated rings. The highest BCUT2D eigenvalue weighted by Gasteiger charge is 2.30. The van der Waals surface area contributed by atoms with Gasteiger partial charge in [0.05, 0.1) is 0 Å². The van der Waals surface area contributed by atoms with Crippen LogP contribution in [0.4, 0.5) is 14.9 Å². The molecule has 0 radical (unpaired) electrons. The van der Waals surface area contributed by atoms with Crippen molar-refractivity contribution in [3.05, 3.63) is 29.6 Å². The zero-order chi connectivity index (χ0) is 16.3. The molecular formula is C16H21FN2O3. The van der Waals surface area contributed by atoms with E-state index in [0.717, 1.165) is 13.0 Å². The first-order chi connectivity index (χ1) is 10.3. The summed E-state index contributed by atoms with van der Waals surface area (Å²) >= 11 is 0. The Labute approximate surface area is 129 Å². The number of anilines is 1. The molecule has 0 aromatic heterocycles. The molecule has 1 aliphatic rings. The number of hydrogen-bond donors (Lipinski definition) is 1. The summed E-state index contributed by atoms with van der Waals surface area (Å²) in [4.78, 5) is 24.7. The van der Waals surface area contributed by atoms with E-state index < -0.39 is 17.5 Å². The van der Waals surface area contributed by atoms with Crippen LogP contribution in [0.1, 0.15) is 37.6 Å². The molecule has 0 bridgehead atoms. The van der Waals surface area contributed by atoms with Gasteiger partial charge in [-0.2, -0.15) is 0 Å². The molecule has 6 heteroatoms. The lowest BCUT2D eigenvalue weighted by Gasteiger charge is -2.43. The number of rotatable bonds is 4. The zero-order valence-electron chi connectivity index (χ0n) is 13.1. The summed E-state index contributed by atoms with van der Waals surface area (Å²) in [6.07, 6.45) is 1.08. The second-order valence-electron chi connectivity index (χ2n) is 6.34. The Hall–Kier alpha value is -2.11. The van der Waals surface area contributed by atoms with Crippen molar-refractivity contribution in [3.8, 4) is 0 Å². The largest absolute Gasteiger partial charge is 0.444 e. The Morgan fingerprint density at radius 2 is 2.23 bits per heavy atom. The van der Waals surface area contributed by atoms with E-state index >= 15 is 0 Å². The predicted molar refractivity (Wildman–Crippen MR) is 81.8 cm³/mol. The predicted octanol–water partition coefficient (Wildman–Crippen LogP) is 2.74. The number of aldehydes is 1. The average molecular weight is 308 g/mol. The summed E-state index contributed by atoms with van der Waals surface area (Å²) < 4.78 is 18.4. The fraction of sp³-hybridized carbons (Fsp3) is 0.500. The van der Waals surface area contributed by atoms with E-state index in [1.807, 2.05) is 4.90 Å². The lowest BCUT2D eigenvalue weighted by atomic mass is 10.00. The number of nitrogens with zero attached hydrogens (tertiary/aromatic N) is 1. The van der Waals surface area contributed by atoms with Gasteiger partial charge in [-0.3, -0.25) is 4.79 Å². The Morgan fingerprint density at radius 1 is 1.50 bits per heavy atom. The third-order valence-corrected chi connectivity index (χ3v) is 3.45. The fourth-order valence-corrected chi connectivity index (χ4v) is 2.37. The summed E-state index contributed by atoms with van der Waals surface area (Å²) in [5, 5.41) is 2.72. The van der Waals surface area contributed by atoms with Crippen molar-refractivity contribution in [1.29, 1.82) is 0 Å². The molecule has 1 saturated heterocycles. The van der Waals surface area contributed by atoms with Crippen molar-refractivity contribution in [2.75, 3.05) is 18.0 Å². The Morgan fingerprint density at radius 3 is 2.77 bits per heavy atom. The van der Waals surface area contributed by atoms with Gasteiger partial charge in [-0.05, 0) is 45.4 Å². The Balaban J connectivity index is 1.95. The maximum atomic E-state index is 13.2. The molecule has 1 unspecified atom stereocenters. The van der Waals surface area contributed by atoms with E-state index in [4.69, 9.17) is 4.74 Å². The zero-order valence-corrected chi connectivity index (χ0v) is 13.1. The van der Waals surface area contributed by atoms with Gasteiger partial charge in [-0.1, -0.05) is 0 Å². The maximum absolute atomic E-state index is 13.2. The molecule has 1 aromatic carbocycles. The third-order valence-electron chi connectivity index (χ3n) is 3.45. The molecule has 1 amide bonds. The van der Waals surface area contributed by atoms with Crippen molar-refractivity contribution in [2.24, 2.45) is 0 Å². The van der Waals surface area contributed by atoms with Gasteiger partial charge in [0.1, 0.15) is 11.4 Å². The first-order valence-electron chi connectivity index (χ1n) is 7.28. The van der Waals surface area contributed by atoms with Gasteiger partial charge in [0.2, 0.25) is 0 Å². The quantitative estimate of drug-likeness (QED) is 0.869. The van der Waals surface area contributed by atoms with Crippen LogP contribution in [0.5, 0.6) is 0 Å². The minimum absolute atomic E-state index is 0.0803. The third kappa shape index (κ3) is 3.96. The molecule has 1 aliphatic heterocycles. The molecule has 5 nitrogen and oxygen atoms in total. The van der Waals surface area contributed by atoms with Crippen molar-refractivity contribution in [1.82, 2.24) is 5.32 Å². The molecule has 0 aliphatic carbocycles. The SMILES string of the molecule is CC(C)(C)OC(=O)NCC1CCN1c1ccc(F)cc1C=O. The number of benzene rings is 1. The smallest absolute Gasteiger partial charge is 0.407 e. The van der Waals surface area contributed by atoms with Gasteiger partial charge in [-0.15, -0.1) is 0 Å². The number of carbonyl (C=O) groups is 2. The van der Waals surface area contributed by atoms with Gasteiger partial charge < -0.3 is 15.0 Å². The second kappa shape index (κ2) is 6.34. The van der Waals surface area contributed by atoms with Crippen molar-refractivity contribution < 1.29 is 18.7 Å². The van der Waals surface area contributed by atoms with E-state index in [0.29, 0.717) is 24.1 Å². The summed E-state index contributed by atoms with van der Waals surface area (Å²) in [6.45, 7) is 6.60. The van der Waals surface area contributed by atoms with Crippen LogP contribution in [0.25, 0.3) is 0 Å². The van der Waals surface area contributed by atoms with Crippen molar-refractivity contribution in [3.63, 3.8) is 0 Å². The van der Waals surface area contributed by atoms with Crippen LogP contribution >= 0.6 is 0 Å². The van der Waals surface area contributed by atoms with E-state index in [-0.39, 0.29) is 6.04 Å². The number of ether oxygens (including phenoxy) is 1. The van der Waals surface area contributed by atoms with Crippen LogP contribution in [-0.4, -0.2) is 37.1 Å². The van der Waals surface area contributed by atoms with Crippen LogP contribution in [0.15, 0.2) is 18.2 Å². The maximum Gasteiger partial charge on any atom is 0.407 e. The van der Waals surface area contributed by atoms with Crippen LogP contribution in [0.3, 0.4) is 0 Å². The molecule has 0 saturated carbocycles. The number of carbonyl (C=O) groups excluding carboxylic acids is 2. The first kappa shape index (κ1) is 16.3. The summed E-state index contributed by atoms with van der Waals surface area (Å²) in [5.41, 5.74) is 0.478. The number of amides is 1. The lowest BCUT2D eigenvalue weighted by Crippen LogP contribution is -2.54. The highest BCUT2D eigenvalue weighted by Crippen LogP contribution is 2.29. The molecule has 2 rings (SSSR count). The van der Waals surface area contributed by atoms with Crippen molar-refractivity contribution in [2.45, 2.75) is 38.8 Å². The first-order valence-corrected chi connectivity index (χ1v) is 7.28. The number of hydrogen-bond acceptors (Lipinski definition) is 4. The van der Waals surface area contributed by atoms with Gasteiger partial charge in [0.15, 0.2) is 6.29 Å². The van der Waals surface area contributed by atoms with E-state index in [2.05, 4.69) is 5.32 Å². The van der Waals surface area contributed by atoms with Gasteiger partial charge in [-0.25, -0.2) is 9.18 Å². The molecule has 1 heterocycles. The van der Waals surface area contributed by atoms with Gasteiger partial charge in [0.25, 0.3) is 0 Å². The van der Waals surface area contributed by atoms with Crippen LogP contribution in [-0.2, 0) is 4.74 Å². The standard InChI is InChI=1S/C16H21FN2O3/c1-16(2,3)22-15(21)18-9-13-6-7-19(13)14-5-4-12(17)8-11(14)10-20/h4-5,8,10,13H,6-7,9H2,1-3H3,(H,18,21). The van der Waals surface area contributed by atoms with E-state index in [9.17, 15) is 14.0 Å². The molecule has 1 N–H and O–H groups in total. The number of nitrogens with one attached hydrogen (secondary N) is 1. The van der Waals surface area contributed by atoms with E-state index in [1.54, 1.807) is 26.8 Å². The minimum Gasteiger partial charge on any atom is -0.444 e. The molecule has 120 valence electrons. The van der Waals surface area contributed by atoms with Crippen LogP contribution < -0.4 is 10.2 Å². The summed E-state index contributed by atoms with van der Waals surface area (Å²) in [7, 11) is 0. The Bertz CT molecular complexity index is 569. The summed E-state index contributed by atoms with van der Waals surface area (Å²) in [5.74, 6) is -0.435. The number of halogens is 1. The topological polar surface area (TPSA) is 58.6 Å². The highest BCUT2D eigenvalue weighted by atomic mass is 19.1. The molecule has 0 spiro atoms.